The van der Waals surface area contributed by atoms with Crippen molar-refractivity contribution in [3.8, 4) is 5.75 Å². The molecule has 0 heterocycles. The van der Waals surface area contributed by atoms with E-state index in [0.29, 0.717) is 25.2 Å². The molecule has 0 atom stereocenters. The highest BCUT2D eigenvalue weighted by Gasteiger charge is 2.13. The molecule has 0 aliphatic heterocycles. The van der Waals surface area contributed by atoms with Crippen LogP contribution in [0.25, 0.3) is 0 Å². The van der Waals surface area contributed by atoms with Gasteiger partial charge in [0.15, 0.2) is 5.96 Å². The number of hydrogen-bond donors (Lipinski definition) is 2. The normalized spacial score (nSPS) is 16.6. The number of nitrogens with two attached hydrogens (primary N) is 1. The van der Waals surface area contributed by atoms with Gasteiger partial charge in [0.2, 0.25) is 0 Å². The zero-order valence-corrected chi connectivity index (χ0v) is 14.4. The van der Waals surface area contributed by atoms with Crippen LogP contribution < -0.4 is 15.8 Å². The lowest BCUT2D eigenvalue weighted by Crippen LogP contribution is -2.41. The van der Waals surface area contributed by atoms with Crippen LogP contribution in [-0.2, 0) is 6.54 Å². The summed E-state index contributed by atoms with van der Waals surface area (Å²) < 4.78 is 5.86. The number of benzene rings is 1. The topological polar surface area (TPSA) is 62.9 Å². The van der Waals surface area contributed by atoms with Gasteiger partial charge >= 0.3 is 0 Å². The lowest BCUT2D eigenvalue weighted by atomic mass is 9.96. The molecule has 1 saturated carbocycles. The fraction of sp³-hybridized carbons (Fsp3) is 0.611. The summed E-state index contributed by atoms with van der Waals surface area (Å²) in [4.78, 5) is 6.59. The summed E-state index contributed by atoms with van der Waals surface area (Å²) in [6.45, 7) is 2.11. The van der Waals surface area contributed by atoms with Crippen molar-refractivity contribution in [1.82, 2.24) is 10.2 Å². The van der Waals surface area contributed by atoms with Crippen molar-refractivity contribution >= 4 is 5.96 Å². The van der Waals surface area contributed by atoms with Crippen LogP contribution in [0.3, 0.4) is 0 Å². The summed E-state index contributed by atoms with van der Waals surface area (Å²) in [6, 6.07) is 8.52. The molecular formula is C18H30N4O. The zero-order valence-electron chi connectivity index (χ0n) is 14.4. The molecule has 1 fully saturated rings. The highest BCUT2D eigenvalue weighted by Crippen LogP contribution is 2.19. The molecule has 1 aliphatic carbocycles. The lowest BCUT2D eigenvalue weighted by molar-refractivity contribution is 0.259. The molecule has 2 rings (SSSR count). The number of guanidine groups is 1. The molecular weight excluding hydrogens is 288 g/mol. The first kappa shape index (κ1) is 17.6. The third kappa shape index (κ3) is 6.48. The first-order chi connectivity index (χ1) is 11.1. The maximum Gasteiger partial charge on any atom is 0.189 e. The minimum atomic E-state index is 0.485. The van der Waals surface area contributed by atoms with Crippen molar-refractivity contribution in [2.75, 3.05) is 27.2 Å². The second kappa shape index (κ2) is 9.40. The summed E-state index contributed by atoms with van der Waals surface area (Å²) in [5.41, 5.74) is 7.10. The van der Waals surface area contributed by atoms with Gasteiger partial charge in [0, 0.05) is 18.2 Å². The second-order valence-electron chi connectivity index (χ2n) is 6.44. The molecule has 128 valence electrons. The summed E-state index contributed by atoms with van der Waals surface area (Å²) in [5, 5.41) is 3.35. The number of hydrogen-bond acceptors (Lipinski definition) is 3. The predicted molar refractivity (Wildman–Crippen MR) is 95.8 cm³/mol. The molecule has 3 N–H and O–H groups in total. The molecule has 5 nitrogen and oxygen atoms in total. The highest BCUT2D eigenvalue weighted by atomic mass is 16.5. The Morgan fingerprint density at radius 1 is 1.26 bits per heavy atom. The first-order valence-electron chi connectivity index (χ1n) is 8.57. The average Bonchev–Trinajstić information content (AvgIpc) is 2.54. The first-order valence-corrected chi connectivity index (χ1v) is 8.57. The van der Waals surface area contributed by atoms with E-state index in [0.717, 1.165) is 17.9 Å². The van der Waals surface area contributed by atoms with E-state index in [9.17, 15) is 0 Å². The Morgan fingerprint density at radius 3 is 2.74 bits per heavy atom. The molecule has 0 spiro atoms. The standard InChI is InChI=1S/C18H30N4O/c1-22(2)12-13-23-17-11-7-6-8-15(17)14-20-18(19)21-16-9-4-3-5-10-16/h6-8,11,16H,3-5,9-10,12-14H2,1-2H3,(H3,19,20,21). The van der Waals surface area contributed by atoms with Gasteiger partial charge in [0.05, 0.1) is 6.54 Å². The van der Waals surface area contributed by atoms with Gasteiger partial charge in [-0.2, -0.15) is 0 Å². The van der Waals surface area contributed by atoms with Crippen molar-refractivity contribution in [3.63, 3.8) is 0 Å². The van der Waals surface area contributed by atoms with E-state index in [-0.39, 0.29) is 0 Å². The summed E-state index contributed by atoms with van der Waals surface area (Å²) in [7, 11) is 4.08. The Hall–Kier alpha value is -1.75. The Balaban J connectivity index is 1.87. The van der Waals surface area contributed by atoms with Crippen LogP contribution >= 0.6 is 0 Å². The molecule has 0 aromatic heterocycles. The van der Waals surface area contributed by atoms with E-state index in [1.807, 2.05) is 38.4 Å². The number of para-hydroxylation sites is 1. The zero-order chi connectivity index (χ0) is 16.5. The summed E-state index contributed by atoms with van der Waals surface area (Å²) in [5.74, 6) is 1.43. The number of aliphatic imine (C=N–C) groups is 1. The van der Waals surface area contributed by atoms with Crippen molar-refractivity contribution in [1.29, 1.82) is 0 Å². The van der Waals surface area contributed by atoms with Crippen LogP contribution in [0, 0.1) is 0 Å². The van der Waals surface area contributed by atoms with Gasteiger partial charge in [0.25, 0.3) is 0 Å². The third-order valence-corrected chi connectivity index (χ3v) is 4.15. The molecule has 0 saturated heterocycles. The summed E-state index contributed by atoms with van der Waals surface area (Å²) in [6.07, 6.45) is 6.30. The molecule has 0 amide bonds. The van der Waals surface area contributed by atoms with Gasteiger partial charge in [-0.1, -0.05) is 37.5 Å². The average molecular weight is 318 g/mol. The number of rotatable bonds is 7. The number of likely N-dealkylation sites (N-methyl/N-ethyl adjacent to an activating group) is 1. The van der Waals surface area contributed by atoms with E-state index >= 15 is 0 Å². The Bertz CT molecular complexity index is 496. The van der Waals surface area contributed by atoms with E-state index in [2.05, 4.69) is 15.2 Å². The largest absolute Gasteiger partial charge is 0.492 e. The molecule has 1 aromatic rings. The van der Waals surface area contributed by atoms with Crippen molar-refractivity contribution in [2.24, 2.45) is 10.7 Å². The Morgan fingerprint density at radius 2 is 2.00 bits per heavy atom. The monoisotopic (exact) mass is 318 g/mol. The minimum Gasteiger partial charge on any atom is -0.492 e. The second-order valence-corrected chi connectivity index (χ2v) is 6.44. The van der Waals surface area contributed by atoms with Crippen molar-refractivity contribution in [3.05, 3.63) is 29.8 Å². The molecule has 23 heavy (non-hydrogen) atoms. The molecule has 1 aromatic carbocycles. The van der Waals surface area contributed by atoms with Gasteiger partial charge in [-0.25, -0.2) is 4.99 Å². The van der Waals surface area contributed by atoms with Crippen LogP contribution in [-0.4, -0.2) is 44.1 Å². The van der Waals surface area contributed by atoms with Crippen molar-refractivity contribution < 1.29 is 4.74 Å². The molecule has 5 heteroatoms. The van der Waals surface area contributed by atoms with Crippen LogP contribution in [0.4, 0.5) is 0 Å². The fourth-order valence-electron chi connectivity index (χ4n) is 2.79. The van der Waals surface area contributed by atoms with Crippen LogP contribution in [0.5, 0.6) is 5.75 Å². The predicted octanol–water partition coefficient (Wildman–Crippen LogP) is 2.36. The Labute approximate surface area is 139 Å². The third-order valence-electron chi connectivity index (χ3n) is 4.15. The Kier molecular flexibility index (Phi) is 7.20. The number of nitrogens with one attached hydrogen (secondary N) is 1. The molecule has 1 aliphatic rings. The number of nitrogens with zero attached hydrogens (tertiary/aromatic N) is 2. The van der Waals surface area contributed by atoms with Gasteiger partial charge < -0.3 is 20.7 Å². The minimum absolute atomic E-state index is 0.485. The fourth-order valence-corrected chi connectivity index (χ4v) is 2.79. The quantitative estimate of drug-likeness (QED) is 0.598. The summed E-state index contributed by atoms with van der Waals surface area (Å²) >= 11 is 0. The van der Waals surface area contributed by atoms with E-state index in [1.165, 1.54) is 32.1 Å². The van der Waals surface area contributed by atoms with E-state index < -0.39 is 0 Å². The van der Waals surface area contributed by atoms with Gasteiger partial charge in [0.1, 0.15) is 12.4 Å². The smallest absolute Gasteiger partial charge is 0.189 e. The van der Waals surface area contributed by atoms with Gasteiger partial charge in [-0.05, 0) is 33.0 Å². The SMILES string of the molecule is CN(C)CCOc1ccccc1CN=C(N)NC1CCCCC1. The maximum atomic E-state index is 6.03. The van der Waals surface area contributed by atoms with Crippen LogP contribution in [0.1, 0.15) is 37.7 Å². The maximum absolute atomic E-state index is 6.03. The van der Waals surface area contributed by atoms with E-state index in [1.54, 1.807) is 0 Å². The molecule has 0 bridgehead atoms. The van der Waals surface area contributed by atoms with Crippen molar-refractivity contribution in [2.45, 2.75) is 44.7 Å². The number of ether oxygens (including phenoxy) is 1. The van der Waals surface area contributed by atoms with Gasteiger partial charge in [-0.3, -0.25) is 0 Å². The van der Waals surface area contributed by atoms with Crippen LogP contribution in [0.2, 0.25) is 0 Å². The molecule has 0 unspecified atom stereocenters. The van der Waals surface area contributed by atoms with E-state index in [4.69, 9.17) is 10.5 Å². The highest BCUT2D eigenvalue weighted by molar-refractivity contribution is 5.78. The lowest BCUT2D eigenvalue weighted by Gasteiger charge is -2.23. The van der Waals surface area contributed by atoms with Gasteiger partial charge in [-0.15, -0.1) is 0 Å². The van der Waals surface area contributed by atoms with Crippen LogP contribution in [0.15, 0.2) is 29.3 Å². The molecule has 0 radical (unpaired) electrons.